The fraction of sp³-hybridized carbons (Fsp3) is 0.342. The summed E-state index contributed by atoms with van der Waals surface area (Å²) in [5, 5.41) is 3.32. The van der Waals surface area contributed by atoms with E-state index < -0.39 is 23.1 Å². The number of carbonyl (C=O) groups excluding carboxylic acids is 1. The van der Waals surface area contributed by atoms with E-state index in [1.807, 2.05) is 91.0 Å². The molecule has 226 valence electrons. The molecular weight excluding hydrogens is 548 g/mol. The molecule has 4 nitrogen and oxygen atoms in total. The van der Waals surface area contributed by atoms with E-state index in [4.69, 9.17) is 0 Å². The molecule has 0 aliphatic rings. The predicted molar refractivity (Wildman–Crippen MR) is 180 cm³/mol. The predicted octanol–water partition coefficient (Wildman–Crippen LogP) is 8.90. The molecule has 0 aliphatic heterocycles. The summed E-state index contributed by atoms with van der Waals surface area (Å²) in [6.45, 7) is 13.1. The molecule has 0 spiro atoms. The Balaban J connectivity index is 1.75. The van der Waals surface area contributed by atoms with E-state index in [0.717, 1.165) is 32.7 Å². The van der Waals surface area contributed by atoms with E-state index in [0.29, 0.717) is 18.8 Å². The van der Waals surface area contributed by atoms with Crippen LogP contribution in [0.2, 0.25) is 0 Å². The minimum Gasteiger partial charge on any atom is -0.347 e. The van der Waals surface area contributed by atoms with Crippen molar-refractivity contribution in [2.75, 3.05) is 0 Å². The van der Waals surface area contributed by atoms with Crippen LogP contribution in [0.3, 0.4) is 0 Å². The van der Waals surface area contributed by atoms with Crippen molar-refractivity contribution in [1.82, 2.24) is 10.0 Å². The summed E-state index contributed by atoms with van der Waals surface area (Å²) in [6, 6.07) is 33.7. The van der Waals surface area contributed by atoms with Gasteiger partial charge in [-0.05, 0) is 57.6 Å². The van der Waals surface area contributed by atoms with E-state index in [2.05, 4.69) is 63.7 Å². The highest BCUT2D eigenvalue weighted by Gasteiger charge is 2.30. The average Bonchev–Trinajstić information content (AvgIpc) is 3.02. The molecule has 4 aromatic carbocycles. The number of hydrogen-bond acceptors (Lipinski definition) is 2. The fourth-order valence-electron chi connectivity index (χ4n) is 5.43. The zero-order chi connectivity index (χ0) is 30.9. The van der Waals surface area contributed by atoms with Gasteiger partial charge >= 0.3 is 0 Å². The van der Waals surface area contributed by atoms with Crippen LogP contribution in [0.1, 0.15) is 111 Å². The first-order chi connectivity index (χ1) is 20.7. The molecule has 2 unspecified atom stereocenters. The largest absolute Gasteiger partial charge is 0.347 e. The van der Waals surface area contributed by atoms with Crippen LogP contribution in [0.5, 0.6) is 0 Å². The monoisotopic (exact) mass is 594 g/mol. The second-order valence-electron chi connectivity index (χ2n) is 12.2. The van der Waals surface area contributed by atoms with Gasteiger partial charge in [0.05, 0.1) is 17.0 Å². The van der Waals surface area contributed by atoms with Gasteiger partial charge in [-0.1, -0.05) is 145 Å². The van der Waals surface area contributed by atoms with Gasteiger partial charge in [0.1, 0.15) is 11.0 Å². The molecule has 1 amide bonds. The Labute approximate surface area is 260 Å². The molecule has 0 radical (unpaired) electrons. The van der Waals surface area contributed by atoms with Gasteiger partial charge in [0.15, 0.2) is 0 Å². The zero-order valence-electron chi connectivity index (χ0n) is 26.3. The van der Waals surface area contributed by atoms with Crippen molar-refractivity contribution in [1.29, 1.82) is 0 Å². The van der Waals surface area contributed by atoms with Crippen molar-refractivity contribution in [3.63, 3.8) is 0 Å². The van der Waals surface area contributed by atoms with Crippen molar-refractivity contribution in [3.8, 4) is 0 Å². The van der Waals surface area contributed by atoms with Crippen molar-refractivity contribution >= 4 is 16.9 Å². The number of nitrogens with one attached hydrogen (secondary N) is 2. The first kappa shape index (κ1) is 32.4. The van der Waals surface area contributed by atoms with Gasteiger partial charge in [-0.2, -0.15) is 0 Å². The first-order valence-electron chi connectivity index (χ1n) is 15.4. The minimum absolute atomic E-state index is 0.0433. The Morgan fingerprint density at radius 2 is 1.09 bits per heavy atom. The number of benzene rings is 4. The van der Waals surface area contributed by atoms with Crippen LogP contribution in [-0.2, 0) is 22.2 Å². The molecule has 5 heteroatoms. The van der Waals surface area contributed by atoms with Gasteiger partial charge in [-0.15, -0.1) is 0 Å². The molecule has 0 fully saturated rings. The highest BCUT2D eigenvalue weighted by molar-refractivity contribution is 7.83. The molecule has 4 aromatic rings. The van der Waals surface area contributed by atoms with Crippen LogP contribution in [-0.4, -0.2) is 10.1 Å². The van der Waals surface area contributed by atoms with Crippen molar-refractivity contribution in [2.45, 2.75) is 89.1 Å². The number of hydrogen-bond donors (Lipinski definition) is 2. The topological polar surface area (TPSA) is 58.2 Å². The molecule has 0 aliphatic carbocycles. The van der Waals surface area contributed by atoms with Crippen LogP contribution < -0.4 is 10.0 Å². The molecule has 2 N–H and O–H groups in total. The first-order valence-corrected chi connectivity index (χ1v) is 16.6. The molecular formula is C38H46N2O2S. The normalized spacial score (nSPS) is 13.7. The lowest BCUT2D eigenvalue weighted by Gasteiger charge is -2.31. The maximum Gasteiger partial charge on any atom is 0.220 e. The van der Waals surface area contributed by atoms with E-state index in [1.165, 1.54) is 5.56 Å². The molecule has 4 rings (SSSR count). The van der Waals surface area contributed by atoms with Crippen LogP contribution >= 0.6 is 0 Å². The summed E-state index contributed by atoms with van der Waals surface area (Å²) >= 11 is 0. The third kappa shape index (κ3) is 8.52. The lowest BCUT2D eigenvalue weighted by molar-refractivity contribution is -0.122. The maximum atomic E-state index is 14.6. The van der Waals surface area contributed by atoms with Crippen molar-refractivity contribution < 1.29 is 9.00 Å². The van der Waals surface area contributed by atoms with Gasteiger partial charge < -0.3 is 5.32 Å². The van der Waals surface area contributed by atoms with E-state index >= 15 is 0 Å². The second kappa shape index (κ2) is 15.3. The van der Waals surface area contributed by atoms with Gasteiger partial charge in [0.25, 0.3) is 0 Å². The fourth-order valence-corrected chi connectivity index (χ4v) is 7.07. The Morgan fingerprint density at radius 3 is 1.56 bits per heavy atom. The summed E-state index contributed by atoms with van der Waals surface area (Å²) in [5.74, 6) is 0.735. The Hall–Kier alpha value is -3.54. The van der Waals surface area contributed by atoms with Crippen LogP contribution in [0.4, 0.5) is 0 Å². The SMILES string of the molecule is CC(C)c1cc(C(C)C)c(S(=O)NC(c2ccccc2)[C@@H](NC(=O)CCc2ccccc2)c2ccccc2)c(C(C)C)c1. The number of amides is 1. The molecule has 0 bridgehead atoms. The Morgan fingerprint density at radius 1 is 0.628 bits per heavy atom. The molecule has 0 saturated carbocycles. The molecule has 0 aromatic heterocycles. The van der Waals surface area contributed by atoms with E-state index in [-0.39, 0.29) is 17.7 Å². The number of rotatable bonds is 13. The molecule has 3 atom stereocenters. The third-order valence-electron chi connectivity index (χ3n) is 7.95. The maximum absolute atomic E-state index is 14.6. The van der Waals surface area contributed by atoms with E-state index in [9.17, 15) is 9.00 Å². The molecule has 0 saturated heterocycles. The smallest absolute Gasteiger partial charge is 0.220 e. The Kier molecular flexibility index (Phi) is 11.5. The van der Waals surface area contributed by atoms with Crippen LogP contribution in [0, 0.1) is 0 Å². The minimum atomic E-state index is -1.54. The van der Waals surface area contributed by atoms with Crippen molar-refractivity contribution in [2.24, 2.45) is 0 Å². The summed E-state index contributed by atoms with van der Waals surface area (Å²) in [4.78, 5) is 14.3. The standard InChI is InChI=1S/C38H46N2O2S/c1-26(2)32-24-33(27(3)4)38(34(25-32)28(5)6)43(42)40-37(31-20-14-9-15-21-31)36(30-18-12-8-13-19-30)39-35(41)23-22-29-16-10-7-11-17-29/h7-21,24-28,36-37,40H,22-23H2,1-6H3,(H,39,41)/t36-,37?,43?/m0/s1. The highest BCUT2D eigenvalue weighted by atomic mass is 32.2. The van der Waals surface area contributed by atoms with Crippen LogP contribution in [0.25, 0.3) is 0 Å². The molecule has 43 heavy (non-hydrogen) atoms. The lowest BCUT2D eigenvalue weighted by atomic mass is 9.89. The van der Waals surface area contributed by atoms with Gasteiger partial charge in [0.2, 0.25) is 5.91 Å². The summed E-state index contributed by atoms with van der Waals surface area (Å²) in [7, 11) is -1.54. The van der Waals surface area contributed by atoms with Gasteiger partial charge in [-0.25, -0.2) is 8.93 Å². The quantitative estimate of drug-likeness (QED) is 0.162. The highest BCUT2D eigenvalue weighted by Crippen LogP contribution is 2.36. The zero-order valence-corrected chi connectivity index (χ0v) is 27.2. The second-order valence-corrected chi connectivity index (χ2v) is 13.4. The van der Waals surface area contributed by atoms with Crippen molar-refractivity contribution in [3.05, 3.63) is 137 Å². The van der Waals surface area contributed by atoms with Gasteiger partial charge in [0, 0.05) is 6.42 Å². The summed E-state index contributed by atoms with van der Waals surface area (Å²) < 4.78 is 18.1. The number of aryl methyl sites for hydroxylation is 1. The lowest BCUT2D eigenvalue weighted by Crippen LogP contribution is -2.39. The summed E-state index contributed by atoms with van der Waals surface area (Å²) in [6.07, 6.45) is 1.02. The van der Waals surface area contributed by atoms with E-state index in [1.54, 1.807) is 0 Å². The van der Waals surface area contributed by atoms with Crippen LogP contribution in [0.15, 0.2) is 108 Å². The third-order valence-corrected chi connectivity index (χ3v) is 9.26. The van der Waals surface area contributed by atoms with Gasteiger partial charge in [-0.3, -0.25) is 4.79 Å². The summed E-state index contributed by atoms with van der Waals surface area (Å²) in [5.41, 5.74) is 6.52. The molecule has 0 heterocycles. The average molecular weight is 595 g/mol. The number of carbonyl (C=O) groups is 1. The Bertz CT molecular complexity index is 1460.